The standard InChI is InChI=1S/C15H20F3N3/c1-10-3-6-21(7-4-10)15(19)20-5-2-11-8-12(16)14(18)13(17)9-11/h8-10H,2-7H2,1H3,(H2,19,20). The van der Waals surface area contributed by atoms with Crippen LogP contribution in [0, 0.1) is 23.4 Å². The first-order valence-corrected chi connectivity index (χ1v) is 7.15. The van der Waals surface area contributed by atoms with Crippen LogP contribution in [0.3, 0.4) is 0 Å². The number of halogens is 3. The number of aliphatic imine (C=N–C) groups is 1. The van der Waals surface area contributed by atoms with E-state index in [-0.39, 0.29) is 0 Å². The Kier molecular flexibility index (Phi) is 5.09. The van der Waals surface area contributed by atoms with Crippen LogP contribution >= 0.6 is 0 Å². The lowest BCUT2D eigenvalue weighted by atomic mass is 10.00. The Morgan fingerprint density at radius 1 is 1.24 bits per heavy atom. The minimum Gasteiger partial charge on any atom is -0.370 e. The predicted molar refractivity (Wildman–Crippen MR) is 76.5 cm³/mol. The number of benzene rings is 1. The molecule has 1 aliphatic heterocycles. The third kappa shape index (κ3) is 4.12. The summed E-state index contributed by atoms with van der Waals surface area (Å²) in [5.74, 6) is -2.62. The molecule has 0 amide bonds. The van der Waals surface area contributed by atoms with Crippen LogP contribution in [0.15, 0.2) is 17.1 Å². The third-order valence-electron chi connectivity index (χ3n) is 3.83. The highest BCUT2D eigenvalue weighted by molar-refractivity contribution is 5.78. The van der Waals surface area contributed by atoms with Crippen LogP contribution in [0.25, 0.3) is 0 Å². The highest BCUT2D eigenvalue weighted by Crippen LogP contribution is 2.16. The van der Waals surface area contributed by atoms with E-state index in [1.165, 1.54) is 0 Å². The second kappa shape index (κ2) is 6.83. The Labute approximate surface area is 122 Å². The van der Waals surface area contributed by atoms with Crippen molar-refractivity contribution >= 4 is 5.96 Å². The second-order valence-corrected chi connectivity index (χ2v) is 5.53. The molecule has 0 unspecified atom stereocenters. The molecule has 0 bridgehead atoms. The minimum absolute atomic E-state index is 0.319. The third-order valence-corrected chi connectivity index (χ3v) is 3.83. The fourth-order valence-electron chi connectivity index (χ4n) is 2.39. The lowest BCUT2D eigenvalue weighted by molar-refractivity contribution is 0.277. The molecule has 1 aromatic carbocycles. The molecule has 21 heavy (non-hydrogen) atoms. The van der Waals surface area contributed by atoms with Crippen molar-refractivity contribution in [3.63, 3.8) is 0 Å². The van der Waals surface area contributed by atoms with Crippen LogP contribution in [-0.2, 0) is 6.42 Å². The summed E-state index contributed by atoms with van der Waals surface area (Å²) in [6.07, 6.45) is 2.49. The number of nitrogens with zero attached hydrogens (tertiary/aromatic N) is 2. The van der Waals surface area contributed by atoms with Gasteiger partial charge in [-0.15, -0.1) is 0 Å². The summed E-state index contributed by atoms with van der Waals surface area (Å²) in [6.45, 7) is 4.30. The summed E-state index contributed by atoms with van der Waals surface area (Å²) in [6, 6.07) is 1.99. The smallest absolute Gasteiger partial charge is 0.194 e. The molecule has 0 atom stereocenters. The molecule has 0 saturated carbocycles. The number of guanidine groups is 1. The first-order valence-electron chi connectivity index (χ1n) is 7.15. The van der Waals surface area contributed by atoms with E-state index in [0.29, 0.717) is 30.4 Å². The molecule has 1 saturated heterocycles. The summed E-state index contributed by atoms with van der Waals surface area (Å²) in [7, 11) is 0. The van der Waals surface area contributed by atoms with Gasteiger partial charge in [0.1, 0.15) is 0 Å². The van der Waals surface area contributed by atoms with Crippen molar-refractivity contribution in [2.24, 2.45) is 16.6 Å². The van der Waals surface area contributed by atoms with Crippen molar-refractivity contribution in [1.82, 2.24) is 4.90 Å². The molecule has 1 fully saturated rings. The fraction of sp³-hybridized carbons (Fsp3) is 0.533. The van der Waals surface area contributed by atoms with E-state index in [0.717, 1.165) is 38.1 Å². The van der Waals surface area contributed by atoms with E-state index < -0.39 is 17.5 Å². The van der Waals surface area contributed by atoms with E-state index in [2.05, 4.69) is 11.9 Å². The molecule has 1 heterocycles. The molecule has 116 valence electrons. The fourth-order valence-corrected chi connectivity index (χ4v) is 2.39. The number of rotatable bonds is 3. The molecule has 1 aliphatic rings. The van der Waals surface area contributed by atoms with Gasteiger partial charge in [0.2, 0.25) is 0 Å². The summed E-state index contributed by atoms with van der Waals surface area (Å²) in [5.41, 5.74) is 6.28. The zero-order valence-corrected chi connectivity index (χ0v) is 12.1. The highest BCUT2D eigenvalue weighted by atomic mass is 19.2. The maximum absolute atomic E-state index is 13.1. The molecule has 1 aromatic rings. The maximum atomic E-state index is 13.1. The molecular formula is C15H20F3N3. The molecule has 0 aromatic heterocycles. The molecule has 2 N–H and O–H groups in total. The summed E-state index contributed by atoms with van der Waals surface area (Å²) < 4.78 is 39.0. The van der Waals surface area contributed by atoms with E-state index in [9.17, 15) is 13.2 Å². The van der Waals surface area contributed by atoms with Gasteiger partial charge in [0.15, 0.2) is 23.4 Å². The van der Waals surface area contributed by atoms with Gasteiger partial charge in [0, 0.05) is 19.6 Å². The number of likely N-dealkylation sites (tertiary alicyclic amines) is 1. The SMILES string of the molecule is CC1CCN(C(N)=NCCc2cc(F)c(F)c(F)c2)CC1. The summed E-state index contributed by atoms with van der Waals surface area (Å²) >= 11 is 0. The molecule has 0 radical (unpaired) electrons. The molecular weight excluding hydrogens is 279 g/mol. The Balaban J connectivity index is 1.89. The van der Waals surface area contributed by atoms with Gasteiger partial charge >= 0.3 is 0 Å². The van der Waals surface area contributed by atoms with Gasteiger partial charge in [0.25, 0.3) is 0 Å². The molecule has 2 rings (SSSR count). The van der Waals surface area contributed by atoms with Crippen LogP contribution in [-0.4, -0.2) is 30.5 Å². The van der Waals surface area contributed by atoms with Crippen LogP contribution in [0.4, 0.5) is 13.2 Å². The van der Waals surface area contributed by atoms with Crippen molar-refractivity contribution in [3.05, 3.63) is 35.1 Å². The molecule has 0 spiro atoms. The van der Waals surface area contributed by atoms with Gasteiger partial charge < -0.3 is 10.6 Å². The van der Waals surface area contributed by atoms with E-state index in [1.54, 1.807) is 0 Å². The van der Waals surface area contributed by atoms with Gasteiger partial charge in [-0.25, -0.2) is 13.2 Å². The number of piperidine rings is 1. The Morgan fingerprint density at radius 2 is 1.81 bits per heavy atom. The minimum atomic E-state index is -1.44. The van der Waals surface area contributed by atoms with Gasteiger partial charge in [-0.05, 0) is 42.9 Å². The highest BCUT2D eigenvalue weighted by Gasteiger charge is 2.16. The average Bonchev–Trinajstić information content (AvgIpc) is 2.45. The largest absolute Gasteiger partial charge is 0.370 e. The topological polar surface area (TPSA) is 41.6 Å². The Bertz CT molecular complexity index is 500. The molecule has 3 nitrogen and oxygen atoms in total. The molecule has 6 heteroatoms. The Hall–Kier alpha value is -1.72. The maximum Gasteiger partial charge on any atom is 0.194 e. The quantitative estimate of drug-likeness (QED) is 0.530. The zero-order chi connectivity index (χ0) is 15.4. The lowest BCUT2D eigenvalue weighted by Crippen LogP contribution is -2.42. The van der Waals surface area contributed by atoms with Gasteiger partial charge in [-0.2, -0.15) is 0 Å². The van der Waals surface area contributed by atoms with Crippen LogP contribution in [0.1, 0.15) is 25.3 Å². The van der Waals surface area contributed by atoms with Crippen LogP contribution in [0.5, 0.6) is 0 Å². The van der Waals surface area contributed by atoms with Gasteiger partial charge in [0.05, 0.1) is 0 Å². The van der Waals surface area contributed by atoms with Crippen molar-refractivity contribution in [1.29, 1.82) is 0 Å². The van der Waals surface area contributed by atoms with Crippen LogP contribution in [0.2, 0.25) is 0 Å². The number of hydrogen-bond donors (Lipinski definition) is 1. The monoisotopic (exact) mass is 299 g/mol. The van der Waals surface area contributed by atoms with Crippen molar-refractivity contribution in [2.45, 2.75) is 26.2 Å². The normalized spacial score (nSPS) is 17.3. The van der Waals surface area contributed by atoms with E-state index in [4.69, 9.17) is 5.73 Å². The van der Waals surface area contributed by atoms with Crippen LogP contribution < -0.4 is 5.73 Å². The second-order valence-electron chi connectivity index (χ2n) is 5.53. The van der Waals surface area contributed by atoms with Crippen molar-refractivity contribution < 1.29 is 13.2 Å². The lowest BCUT2D eigenvalue weighted by Gasteiger charge is -2.31. The van der Waals surface area contributed by atoms with Crippen molar-refractivity contribution in [2.75, 3.05) is 19.6 Å². The molecule has 0 aliphatic carbocycles. The van der Waals surface area contributed by atoms with Crippen molar-refractivity contribution in [3.8, 4) is 0 Å². The van der Waals surface area contributed by atoms with E-state index in [1.807, 2.05) is 4.90 Å². The Morgan fingerprint density at radius 3 is 2.38 bits per heavy atom. The summed E-state index contributed by atoms with van der Waals surface area (Å²) in [5, 5.41) is 0. The number of nitrogens with two attached hydrogens (primary N) is 1. The first-order chi connectivity index (χ1) is 9.97. The average molecular weight is 299 g/mol. The zero-order valence-electron chi connectivity index (χ0n) is 12.1. The van der Waals surface area contributed by atoms with Gasteiger partial charge in [-0.3, -0.25) is 4.99 Å². The van der Waals surface area contributed by atoms with E-state index >= 15 is 0 Å². The summed E-state index contributed by atoms with van der Waals surface area (Å²) in [4.78, 5) is 6.25. The predicted octanol–water partition coefficient (Wildman–Crippen LogP) is 2.69. The number of hydrogen-bond acceptors (Lipinski definition) is 1. The van der Waals surface area contributed by atoms with Gasteiger partial charge in [-0.1, -0.05) is 6.92 Å². The first kappa shape index (κ1) is 15.7.